The van der Waals surface area contributed by atoms with E-state index in [1.165, 1.54) is 23.6 Å². The highest BCUT2D eigenvalue weighted by molar-refractivity contribution is 7.84. The fourth-order valence-corrected chi connectivity index (χ4v) is 5.11. The summed E-state index contributed by atoms with van der Waals surface area (Å²) in [5.41, 5.74) is -2.75. The quantitative estimate of drug-likeness (QED) is 0.219. The Labute approximate surface area is 226 Å². The van der Waals surface area contributed by atoms with Gasteiger partial charge >= 0.3 is 18.5 Å². The highest BCUT2D eigenvalue weighted by Crippen LogP contribution is 2.45. The summed E-state index contributed by atoms with van der Waals surface area (Å²) >= 11 is 0. The minimum atomic E-state index is -5.02. The summed E-state index contributed by atoms with van der Waals surface area (Å²) in [6, 6.07) is 4.78. The van der Waals surface area contributed by atoms with E-state index in [4.69, 9.17) is 0 Å². The minimum Gasteiger partial charge on any atom is -0.745 e. The molecule has 0 N–H and O–H groups in total. The van der Waals surface area contributed by atoms with Crippen molar-refractivity contribution >= 4 is 38.6 Å². The molecule has 222 valence electrons. The van der Waals surface area contributed by atoms with Gasteiger partial charge < -0.3 is 14.4 Å². The molecule has 41 heavy (non-hydrogen) atoms. The summed E-state index contributed by atoms with van der Waals surface area (Å²) in [5.74, 6) is -1.56. The molecule has 0 atom stereocenters. The molecule has 0 saturated heterocycles. The summed E-state index contributed by atoms with van der Waals surface area (Å²) in [4.78, 5) is 1.82. The number of rotatable bonds is 5. The molecule has 0 fully saturated rings. The Balaban J connectivity index is 1.84. The summed E-state index contributed by atoms with van der Waals surface area (Å²) < 4.78 is 157. The van der Waals surface area contributed by atoms with E-state index in [1.54, 1.807) is 0 Å². The summed E-state index contributed by atoms with van der Waals surface area (Å²) in [6.45, 7) is -1.64. The summed E-state index contributed by atoms with van der Waals surface area (Å²) in [6.07, 6.45) is -11.0. The molecule has 3 aromatic rings. The van der Waals surface area contributed by atoms with Gasteiger partial charge in [0.25, 0.3) is 5.82 Å². The second kappa shape index (κ2) is 9.97. The Morgan fingerprint density at radius 1 is 0.902 bits per heavy atom. The van der Waals surface area contributed by atoms with E-state index in [-0.39, 0.29) is 34.1 Å². The monoisotopic (exact) mass is 614 g/mol. The van der Waals surface area contributed by atoms with Crippen LogP contribution < -0.4 is 14.4 Å². The molecule has 17 heteroatoms. The van der Waals surface area contributed by atoms with Crippen molar-refractivity contribution < 1.29 is 57.1 Å². The first kappa shape index (κ1) is 30.2. The molecule has 0 amide bonds. The van der Waals surface area contributed by atoms with Crippen LogP contribution in [0.5, 0.6) is 0 Å². The van der Waals surface area contributed by atoms with Crippen LogP contribution >= 0.6 is 0 Å². The zero-order chi connectivity index (χ0) is 30.7. The number of nitrogens with zero attached hydrogens (tertiary/aromatic N) is 4. The SMILES string of the molecule is CN1/C(=C\C=C\c2n(CS(=O)(=O)[O-])c3cc(C(F)(F)F)ccc3[n+]2C)N(CC(F)(F)F)c2cc(C(F)(F)F)ccc21. The van der Waals surface area contributed by atoms with Gasteiger partial charge in [0, 0.05) is 19.2 Å². The van der Waals surface area contributed by atoms with E-state index in [0.29, 0.717) is 17.0 Å². The Hall–Kier alpha value is -3.73. The van der Waals surface area contributed by atoms with Crippen molar-refractivity contribution in [3.05, 3.63) is 71.3 Å². The van der Waals surface area contributed by atoms with Crippen molar-refractivity contribution in [2.45, 2.75) is 24.4 Å². The Morgan fingerprint density at radius 3 is 2.05 bits per heavy atom. The van der Waals surface area contributed by atoms with Crippen LogP contribution in [-0.2, 0) is 35.4 Å². The number of hydrogen-bond acceptors (Lipinski definition) is 5. The molecule has 0 spiro atoms. The smallest absolute Gasteiger partial charge is 0.416 e. The number of aromatic nitrogens is 2. The number of hydrogen-bond donors (Lipinski definition) is 0. The molecule has 0 bridgehead atoms. The largest absolute Gasteiger partial charge is 0.745 e. The molecule has 0 saturated carbocycles. The van der Waals surface area contributed by atoms with Crippen LogP contribution in [-0.4, -0.2) is 37.3 Å². The van der Waals surface area contributed by atoms with Crippen molar-refractivity contribution in [3.8, 4) is 0 Å². The topological polar surface area (TPSA) is 72.5 Å². The summed E-state index contributed by atoms with van der Waals surface area (Å²) in [5, 5.41) is 0. The van der Waals surface area contributed by atoms with E-state index < -0.39 is 52.2 Å². The molecule has 0 unspecified atom stereocenters. The predicted molar refractivity (Wildman–Crippen MR) is 128 cm³/mol. The van der Waals surface area contributed by atoms with Gasteiger partial charge in [0.2, 0.25) is 0 Å². The first-order valence-electron chi connectivity index (χ1n) is 11.4. The zero-order valence-corrected chi connectivity index (χ0v) is 21.8. The molecule has 7 nitrogen and oxygen atoms in total. The molecular formula is C24H19F9N4O3S. The van der Waals surface area contributed by atoms with Crippen LogP contribution in [0.4, 0.5) is 50.9 Å². The fraction of sp³-hybridized carbons (Fsp3) is 0.292. The fourth-order valence-electron chi connectivity index (χ4n) is 4.52. The van der Waals surface area contributed by atoms with Gasteiger partial charge in [0.15, 0.2) is 16.9 Å². The molecular weight excluding hydrogens is 595 g/mol. The van der Waals surface area contributed by atoms with Crippen molar-refractivity contribution in [1.29, 1.82) is 0 Å². The predicted octanol–water partition coefficient (Wildman–Crippen LogP) is 5.38. The lowest BCUT2D eigenvalue weighted by molar-refractivity contribution is -0.647. The number of halogens is 9. The lowest BCUT2D eigenvalue weighted by Gasteiger charge is -2.24. The van der Waals surface area contributed by atoms with E-state index in [2.05, 4.69) is 0 Å². The number of alkyl halides is 9. The van der Waals surface area contributed by atoms with Gasteiger partial charge in [-0.05, 0) is 36.4 Å². The van der Waals surface area contributed by atoms with Gasteiger partial charge in [-0.2, -0.15) is 39.5 Å². The van der Waals surface area contributed by atoms with E-state index in [9.17, 15) is 52.5 Å². The second-order valence-electron chi connectivity index (χ2n) is 9.08. The van der Waals surface area contributed by atoms with Gasteiger partial charge in [-0.1, -0.05) is 6.08 Å². The lowest BCUT2D eigenvalue weighted by atomic mass is 10.1. The Morgan fingerprint density at radius 2 is 1.49 bits per heavy atom. The third-order valence-corrected chi connectivity index (χ3v) is 6.84. The van der Waals surface area contributed by atoms with Crippen LogP contribution in [0.2, 0.25) is 0 Å². The van der Waals surface area contributed by atoms with Crippen molar-refractivity contribution in [2.75, 3.05) is 23.4 Å². The van der Waals surface area contributed by atoms with Gasteiger partial charge in [0.1, 0.15) is 22.5 Å². The van der Waals surface area contributed by atoms with Gasteiger partial charge in [-0.3, -0.25) is 0 Å². The molecule has 1 aromatic heterocycles. The first-order chi connectivity index (χ1) is 18.7. The van der Waals surface area contributed by atoms with Crippen LogP contribution in [0.1, 0.15) is 17.0 Å². The van der Waals surface area contributed by atoms with Gasteiger partial charge in [-0.15, -0.1) is 0 Å². The normalized spacial score (nSPS) is 16.0. The van der Waals surface area contributed by atoms with Crippen molar-refractivity contribution in [1.82, 2.24) is 4.57 Å². The highest BCUT2D eigenvalue weighted by Gasteiger charge is 2.40. The van der Waals surface area contributed by atoms with Gasteiger partial charge in [-0.25, -0.2) is 17.6 Å². The maximum Gasteiger partial charge on any atom is 0.416 e. The number of fused-ring (bicyclic) bond motifs is 2. The maximum atomic E-state index is 13.4. The maximum absolute atomic E-state index is 13.4. The molecule has 4 rings (SSSR count). The highest BCUT2D eigenvalue weighted by atomic mass is 32.2. The molecule has 1 aliphatic rings. The van der Waals surface area contributed by atoms with E-state index in [1.807, 2.05) is 0 Å². The van der Waals surface area contributed by atoms with Crippen LogP contribution in [0.3, 0.4) is 0 Å². The lowest BCUT2D eigenvalue weighted by Crippen LogP contribution is -2.34. The summed E-state index contributed by atoms with van der Waals surface area (Å²) in [7, 11) is -2.34. The molecule has 1 aliphatic heterocycles. The number of benzene rings is 2. The Kier molecular flexibility index (Phi) is 7.35. The molecule has 0 radical (unpaired) electrons. The van der Waals surface area contributed by atoms with Crippen LogP contribution in [0.25, 0.3) is 17.1 Å². The molecule has 2 heterocycles. The van der Waals surface area contributed by atoms with E-state index in [0.717, 1.165) is 47.1 Å². The van der Waals surface area contributed by atoms with E-state index >= 15 is 0 Å². The average molecular weight is 614 g/mol. The third kappa shape index (κ3) is 6.29. The van der Waals surface area contributed by atoms with Crippen LogP contribution in [0, 0.1) is 0 Å². The van der Waals surface area contributed by atoms with Gasteiger partial charge in [0.05, 0.1) is 29.5 Å². The van der Waals surface area contributed by atoms with Crippen molar-refractivity contribution in [3.63, 3.8) is 0 Å². The molecule has 0 aliphatic carbocycles. The Bertz CT molecular complexity index is 1670. The molecule has 2 aromatic carbocycles. The number of allylic oxidation sites excluding steroid dienone is 2. The number of imidazole rings is 1. The third-order valence-electron chi connectivity index (χ3n) is 6.27. The minimum absolute atomic E-state index is 0.0405. The number of anilines is 2. The second-order valence-corrected chi connectivity index (χ2v) is 10.5. The standard InChI is InChI=1S/C24H19F9N4O3S/c1-34-16-8-6-14(23(28,29)30)10-18(16)36(12-22(25,26)27)20(34)4-3-5-21-35(2)17-9-7-15(24(31,32)33)11-19(17)37(21)13-41(38,39)40/h3-11H,12-13H2,1-2H3. The number of aryl methyl sites for hydroxylation is 1. The zero-order valence-electron chi connectivity index (χ0n) is 20.9. The van der Waals surface area contributed by atoms with Crippen molar-refractivity contribution in [2.24, 2.45) is 7.05 Å². The average Bonchev–Trinajstić information content (AvgIpc) is 3.21. The first-order valence-corrected chi connectivity index (χ1v) is 13.0. The van der Waals surface area contributed by atoms with Crippen LogP contribution in [0.15, 0.2) is 54.4 Å².